The molecule has 0 bridgehead atoms. The fraction of sp³-hybridized carbons (Fsp3) is 0.0625. The molecule has 2 aromatic carbocycles. The van der Waals surface area contributed by atoms with Crippen LogP contribution in [-0.4, -0.2) is 27.9 Å². The predicted molar refractivity (Wildman–Crippen MR) is 86.1 cm³/mol. The summed E-state index contributed by atoms with van der Waals surface area (Å²) in [7, 11) is 1.53. The number of methoxy groups -OCH3 is 1. The van der Waals surface area contributed by atoms with Gasteiger partial charge in [-0.15, -0.1) is 0 Å². The summed E-state index contributed by atoms with van der Waals surface area (Å²) in [5, 5.41) is 4.19. The van der Waals surface area contributed by atoms with Crippen molar-refractivity contribution in [3.8, 4) is 11.4 Å². The summed E-state index contributed by atoms with van der Waals surface area (Å²) < 4.78 is 6.85. The molecule has 2 N–H and O–H groups in total. The molecule has 1 heterocycles. The lowest BCUT2D eigenvalue weighted by Crippen LogP contribution is -2.33. The average molecular weight is 309 g/mol. The molecule has 0 fully saturated rings. The molecule has 0 unspecified atom stereocenters. The van der Waals surface area contributed by atoms with Gasteiger partial charge in [0.2, 0.25) is 5.95 Å². The highest BCUT2D eigenvalue weighted by Gasteiger charge is 2.24. The van der Waals surface area contributed by atoms with Gasteiger partial charge in [-0.1, -0.05) is 30.3 Å². The van der Waals surface area contributed by atoms with Crippen LogP contribution in [0.5, 0.6) is 5.75 Å². The SMILES string of the molecule is COc1ccccc1N(C(N)=O)c1ncnn1-c1ccccc1. The number of amides is 2. The van der Waals surface area contributed by atoms with Crippen molar-refractivity contribution in [3.05, 3.63) is 60.9 Å². The first-order chi connectivity index (χ1) is 11.2. The molecule has 0 aliphatic heterocycles. The van der Waals surface area contributed by atoms with Crippen LogP contribution in [0.3, 0.4) is 0 Å². The Bertz CT molecular complexity index is 816. The quantitative estimate of drug-likeness (QED) is 0.802. The van der Waals surface area contributed by atoms with E-state index in [0.29, 0.717) is 11.4 Å². The van der Waals surface area contributed by atoms with Crippen LogP contribution in [0.1, 0.15) is 0 Å². The van der Waals surface area contributed by atoms with Crippen molar-refractivity contribution in [3.63, 3.8) is 0 Å². The number of rotatable bonds is 4. The number of para-hydroxylation sites is 3. The third kappa shape index (κ3) is 2.71. The van der Waals surface area contributed by atoms with E-state index in [1.54, 1.807) is 18.2 Å². The third-order valence-corrected chi connectivity index (χ3v) is 3.28. The largest absolute Gasteiger partial charge is 0.495 e. The second-order valence-electron chi connectivity index (χ2n) is 4.65. The van der Waals surface area contributed by atoms with Gasteiger partial charge in [0.25, 0.3) is 0 Å². The van der Waals surface area contributed by atoms with Gasteiger partial charge in [0.15, 0.2) is 0 Å². The van der Waals surface area contributed by atoms with Crippen LogP contribution in [0.25, 0.3) is 5.69 Å². The molecule has 0 radical (unpaired) electrons. The third-order valence-electron chi connectivity index (χ3n) is 3.28. The Balaban J connectivity index is 2.15. The Labute approximate surface area is 132 Å². The van der Waals surface area contributed by atoms with Crippen LogP contribution in [0.15, 0.2) is 60.9 Å². The van der Waals surface area contributed by atoms with Crippen molar-refractivity contribution in [2.45, 2.75) is 0 Å². The summed E-state index contributed by atoms with van der Waals surface area (Å²) in [6.07, 6.45) is 1.37. The van der Waals surface area contributed by atoms with Crippen molar-refractivity contribution in [1.82, 2.24) is 14.8 Å². The number of primary amides is 1. The zero-order valence-electron chi connectivity index (χ0n) is 12.5. The van der Waals surface area contributed by atoms with Crippen LogP contribution in [0.2, 0.25) is 0 Å². The number of aromatic nitrogens is 3. The van der Waals surface area contributed by atoms with E-state index in [9.17, 15) is 4.79 Å². The van der Waals surface area contributed by atoms with Crippen molar-refractivity contribution in [2.24, 2.45) is 5.73 Å². The van der Waals surface area contributed by atoms with Gasteiger partial charge < -0.3 is 10.5 Å². The van der Waals surface area contributed by atoms with Gasteiger partial charge >= 0.3 is 6.03 Å². The lowest BCUT2D eigenvalue weighted by molar-refractivity contribution is 0.255. The monoisotopic (exact) mass is 309 g/mol. The van der Waals surface area contributed by atoms with E-state index >= 15 is 0 Å². The van der Waals surface area contributed by atoms with Crippen LogP contribution < -0.4 is 15.4 Å². The van der Waals surface area contributed by atoms with E-state index in [1.165, 1.54) is 23.0 Å². The second kappa shape index (κ2) is 6.18. The topological polar surface area (TPSA) is 86.3 Å². The number of carbonyl (C=O) groups excluding carboxylic acids is 1. The fourth-order valence-corrected chi connectivity index (χ4v) is 2.28. The molecule has 0 aliphatic carbocycles. The Morgan fingerprint density at radius 3 is 2.52 bits per heavy atom. The normalized spacial score (nSPS) is 10.3. The number of ether oxygens (including phenoxy) is 1. The standard InChI is InChI=1S/C16H15N5O2/c1-23-14-10-6-5-9-13(14)20(15(17)22)16-18-11-19-21(16)12-7-3-2-4-8-12/h2-11H,1H3,(H2,17,22). The maximum atomic E-state index is 12.1. The molecule has 7 heteroatoms. The molecule has 0 saturated carbocycles. The molecule has 0 saturated heterocycles. The van der Waals surface area contributed by atoms with Gasteiger partial charge in [-0.05, 0) is 24.3 Å². The number of nitrogens with two attached hydrogens (primary N) is 1. The highest BCUT2D eigenvalue weighted by Crippen LogP contribution is 2.33. The summed E-state index contributed by atoms with van der Waals surface area (Å²) >= 11 is 0. The molecule has 23 heavy (non-hydrogen) atoms. The molecule has 0 atom stereocenters. The minimum absolute atomic E-state index is 0.285. The van der Waals surface area contributed by atoms with Crippen LogP contribution in [0, 0.1) is 0 Å². The van der Waals surface area contributed by atoms with Crippen LogP contribution >= 0.6 is 0 Å². The van der Waals surface area contributed by atoms with Gasteiger partial charge in [0, 0.05) is 0 Å². The molecule has 7 nitrogen and oxygen atoms in total. The summed E-state index contributed by atoms with van der Waals surface area (Å²) in [5.74, 6) is 0.794. The minimum atomic E-state index is -0.681. The van der Waals surface area contributed by atoms with Gasteiger partial charge in [-0.25, -0.2) is 9.69 Å². The number of hydrogen-bond donors (Lipinski definition) is 1. The minimum Gasteiger partial charge on any atom is -0.495 e. The fourth-order valence-electron chi connectivity index (χ4n) is 2.28. The molecular weight excluding hydrogens is 294 g/mol. The summed E-state index contributed by atoms with van der Waals surface area (Å²) in [5.41, 5.74) is 6.84. The molecule has 1 aromatic heterocycles. The molecule has 3 aromatic rings. The van der Waals surface area contributed by atoms with Gasteiger partial charge in [0.1, 0.15) is 12.1 Å². The predicted octanol–water partition coefficient (Wildman–Crippen LogP) is 2.49. The smallest absolute Gasteiger partial charge is 0.326 e. The number of nitrogens with zero attached hydrogens (tertiary/aromatic N) is 4. The van der Waals surface area contributed by atoms with Crippen molar-refractivity contribution < 1.29 is 9.53 Å². The lowest BCUT2D eigenvalue weighted by Gasteiger charge is -2.21. The Kier molecular flexibility index (Phi) is 3.92. The first-order valence-electron chi connectivity index (χ1n) is 6.90. The molecule has 116 valence electrons. The van der Waals surface area contributed by atoms with E-state index in [-0.39, 0.29) is 5.95 Å². The number of carbonyl (C=O) groups is 1. The van der Waals surface area contributed by atoms with Crippen LogP contribution in [0.4, 0.5) is 16.4 Å². The van der Waals surface area contributed by atoms with Gasteiger partial charge in [-0.3, -0.25) is 0 Å². The first kappa shape index (κ1) is 14.6. The molecule has 3 rings (SSSR count). The van der Waals surface area contributed by atoms with E-state index in [4.69, 9.17) is 10.5 Å². The Morgan fingerprint density at radius 2 is 1.83 bits per heavy atom. The van der Waals surface area contributed by atoms with E-state index in [1.807, 2.05) is 36.4 Å². The Hall–Kier alpha value is -3.35. The van der Waals surface area contributed by atoms with E-state index in [2.05, 4.69) is 10.1 Å². The van der Waals surface area contributed by atoms with Gasteiger partial charge in [-0.2, -0.15) is 14.8 Å². The summed E-state index contributed by atoms with van der Waals surface area (Å²) in [6.45, 7) is 0. The van der Waals surface area contributed by atoms with Crippen molar-refractivity contribution in [2.75, 3.05) is 12.0 Å². The lowest BCUT2D eigenvalue weighted by atomic mass is 10.2. The van der Waals surface area contributed by atoms with E-state index in [0.717, 1.165) is 5.69 Å². The molecular formula is C16H15N5O2. The molecule has 2 amide bonds. The first-order valence-corrected chi connectivity index (χ1v) is 6.90. The number of urea groups is 1. The maximum Gasteiger partial charge on any atom is 0.326 e. The Morgan fingerprint density at radius 1 is 1.13 bits per heavy atom. The zero-order chi connectivity index (χ0) is 16.2. The van der Waals surface area contributed by atoms with Crippen LogP contribution in [-0.2, 0) is 0 Å². The van der Waals surface area contributed by atoms with Crippen molar-refractivity contribution >= 4 is 17.7 Å². The number of anilines is 2. The highest BCUT2D eigenvalue weighted by atomic mass is 16.5. The van der Waals surface area contributed by atoms with Gasteiger partial charge in [0.05, 0.1) is 18.5 Å². The summed E-state index contributed by atoms with van der Waals surface area (Å²) in [4.78, 5) is 17.5. The second-order valence-corrected chi connectivity index (χ2v) is 4.65. The van der Waals surface area contributed by atoms with Crippen molar-refractivity contribution in [1.29, 1.82) is 0 Å². The number of benzene rings is 2. The zero-order valence-corrected chi connectivity index (χ0v) is 12.5. The summed E-state index contributed by atoms with van der Waals surface area (Å²) in [6, 6.07) is 15.8. The molecule has 0 aliphatic rings. The average Bonchev–Trinajstić information content (AvgIpc) is 3.05. The van der Waals surface area contributed by atoms with E-state index < -0.39 is 6.03 Å². The maximum absolute atomic E-state index is 12.1. The number of hydrogen-bond acceptors (Lipinski definition) is 4. The highest BCUT2D eigenvalue weighted by molar-refractivity contribution is 5.98. The molecule has 0 spiro atoms.